The molecule has 1 saturated carbocycles. The minimum atomic E-state index is -4.53. The van der Waals surface area contributed by atoms with E-state index >= 15 is 0 Å². The lowest BCUT2D eigenvalue weighted by Gasteiger charge is -2.24. The third-order valence-electron chi connectivity index (χ3n) is 5.89. The molecule has 11 heteroatoms. The van der Waals surface area contributed by atoms with E-state index < -0.39 is 48.2 Å². The van der Waals surface area contributed by atoms with E-state index in [1.807, 2.05) is 0 Å². The van der Waals surface area contributed by atoms with Gasteiger partial charge in [-0.3, -0.25) is 9.36 Å². The maximum atomic E-state index is 15.0. The van der Waals surface area contributed by atoms with Crippen LogP contribution in [0.5, 0.6) is 0 Å². The topological polar surface area (TPSA) is 93.5 Å². The second-order valence-corrected chi connectivity index (χ2v) is 7.78. The highest BCUT2D eigenvalue weighted by Gasteiger charge is 2.50. The highest BCUT2D eigenvalue weighted by molar-refractivity contribution is 5.87. The van der Waals surface area contributed by atoms with Gasteiger partial charge in [0.15, 0.2) is 0 Å². The van der Waals surface area contributed by atoms with Gasteiger partial charge in [0.25, 0.3) is 5.56 Å². The monoisotopic (exact) mass is 416 g/mol. The Morgan fingerprint density at radius 3 is 2.41 bits per heavy atom. The molecule has 1 aromatic heterocycles. The largest absolute Gasteiger partial charge is 0.396 e. The van der Waals surface area contributed by atoms with Gasteiger partial charge in [-0.15, -0.1) is 0 Å². The number of benzene rings is 1. The van der Waals surface area contributed by atoms with Gasteiger partial charge < -0.3 is 15.8 Å². The Hall–Kier alpha value is -2.56. The summed E-state index contributed by atoms with van der Waals surface area (Å²) >= 11 is 0. The number of aliphatic hydroxyl groups is 1. The first kappa shape index (κ1) is 19.7. The van der Waals surface area contributed by atoms with Crippen molar-refractivity contribution >= 4 is 16.6 Å². The second kappa shape index (κ2) is 6.48. The van der Waals surface area contributed by atoms with Gasteiger partial charge in [0.05, 0.1) is 22.5 Å². The molecule has 0 spiro atoms. The summed E-state index contributed by atoms with van der Waals surface area (Å²) in [4.78, 5) is 26.2. The lowest BCUT2D eigenvalue weighted by atomic mass is 9.97. The van der Waals surface area contributed by atoms with Gasteiger partial charge >= 0.3 is 11.9 Å². The van der Waals surface area contributed by atoms with Crippen molar-refractivity contribution in [2.24, 2.45) is 11.8 Å². The number of aromatic nitrogens is 2. The van der Waals surface area contributed by atoms with Crippen molar-refractivity contribution < 1.29 is 22.7 Å². The minimum Gasteiger partial charge on any atom is -0.396 e. The second-order valence-electron chi connectivity index (χ2n) is 7.78. The van der Waals surface area contributed by atoms with E-state index in [2.05, 4.69) is 0 Å². The number of rotatable bonds is 3. The Kier molecular flexibility index (Phi) is 4.41. The molecule has 2 aliphatic rings. The van der Waals surface area contributed by atoms with Gasteiger partial charge in [0, 0.05) is 37.2 Å². The number of nitrogens with zero attached hydrogens (tertiary/aromatic N) is 3. The molecule has 3 N–H and O–H groups in total. The zero-order valence-electron chi connectivity index (χ0n) is 15.5. The number of anilines is 1. The molecule has 0 unspecified atom stereocenters. The summed E-state index contributed by atoms with van der Waals surface area (Å²) in [5.74, 6) is 1.80. The van der Waals surface area contributed by atoms with Gasteiger partial charge in [0.1, 0.15) is 5.82 Å². The third-order valence-corrected chi connectivity index (χ3v) is 5.89. The molecule has 2 atom stereocenters. The number of hydrogen-bond acceptors (Lipinski definition) is 5. The van der Waals surface area contributed by atoms with E-state index in [9.17, 15) is 32.3 Å². The zero-order chi connectivity index (χ0) is 21.2. The molecule has 2 heterocycles. The molecule has 2 aromatic rings. The molecule has 1 aliphatic heterocycles. The third kappa shape index (κ3) is 2.98. The van der Waals surface area contributed by atoms with Crippen LogP contribution >= 0.6 is 0 Å². The maximum absolute atomic E-state index is 15.0. The van der Waals surface area contributed by atoms with Crippen LogP contribution in [0.25, 0.3) is 10.9 Å². The summed E-state index contributed by atoms with van der Waals surface area (Å²) in [7, 11) is 0. The molecule has 158 valence electrons. The number of hydrogen-bond donors (Lipinski definition) is 2. The molecule has 1 saturated heterocycles. The van der Waals surface area contributed by atoms with Gasteiger partial charge in [-0.05, 0) is 25.8 Å². The fraction of sp³-hybridized carbons (Fsp3) is 0.556. The molecular formula is C18H20F4N4O3. The summed E-state index contributed by atoms with van der Waals surface area (Å²) < 4.78 is 56.7. The molecule has 7 nitrogen and oxygen atoms in total. The normalized spacial score (nSPS) is 22.6. The van der Waals surface area contributed by atoms with Crippen LogP contribution in [0.2, 0.25) is 0 Å². The highest BCUT2D eigenvalue weighted by atomic mass is 19.4. The van der Waals surface area contributed by atoms with Crippen LogP contribution in [-0.4, -0.2) is 40.2 Å². The SMILES string of the molecule is Cc1c(N2C[C@@H](CO)[C@H](C(F)(F)F)C2)c(F)cc2c(=O)n(N)c(=O)n(C3CC3)c12. The van der Waals surface area contributed by atoms with E-state index in [-0.39, 0.29) is 34.7 Å². The number of aliphatic hydroxyl groups excluding tert-OH is 1. The van der Waals surface area contributed by atoms with Crippen molar-refractivity contribution in [3.05, 3.63) is 38.3 Å². The summed E-state index contributed by atoms with van der Waals surface area (Å²) in [5, 5.41) is 9.29. The van der Waals surface area contributed by atoms with Crippen LogP contribution in [0.1, 0.15) is 24.4 Å². The van der Waals surface area contributed by atoms with Gasteiger partial charge in [-0.25, -0.2) is 9.18 Å². The van der Waals surface area contributed by atoms with Gasteiger partial charge in [0.2, 0.25) is 0 Å². The van der Waals surface area contributed by atoms with Crippen molar-refractivity contribution in [3.8, 4) is 0 Å². The van der Waals surface area contributed by atoms with Gasteiger partial charge in [-0.2, -0.15) is 17.8 Å². The number of alkyl halides is 3. The predicted octanol–water partition coefficient (Wildman–Crippen LogP) is 1.27. The smallest absolute Gasteiger partial charge is 0.393 e. The molecule has 4 rings (SSSR count). The van der Waals surface area contributed by atoms with E-state index in [0.29, 0.717) is 17.5 Å². The van der Waals surface area contributed by atoms with E-state index in [4.69, 9.17) is 5.84 Å². The number of nitrogens with two attached hydrogens (primary N) is 1. The first-order valence-electron chi connectivity index (χ1n) is 9.24. The predicted molar refractivity (Wildman–Crippen MR) is 97.9 cm³/mol. The van der Waals surface area contributed by atoms with Crippen LogP contribution in [-0.2, 0) is 0 Å². The van der Waals surface area contributed by atoms with Crippen molar-refractivity contribution in [2.75, 3.05) is 30.4 Å². The van der Waals surface area contributed by atoms with E-state index in [1.54, 1.807) is 0 Å². The lowest BCUT2D eigenvalue weighted by Crippen LogP contribution is -2.44. The molecule has 29 heavy (non-hydrogen) atoms. The standard InChI is InChI=1S/C18H20F4N4O3/c1-8-14-11(16(28)26(23)17(29)25(14)10-2-3-10)4-13(19)15(8)24-5-9(7-27)12(6-24)18(20,21)22/h4,9-10,12,27H,2-3,5-7,23H2,1H3/t9-,12+/m0/s1. The molecule has 0 radical (unpaired) electrons. The van der Waals surface area contributed by atoms with Crippen LogP contribution in [0.4, 0.5) is 23.2 Å². The molecule has 1 aliphatic carbocycles. The van der Waals surface area contributed by atoms with Crippen molar-refractivity contribution in [1.29, 1.82) is 0 Å². The molecule has 1 aromatic carbocycles. The zero-order valence-corrected chi connectivity index (χ0v) is 15.5. The van der Waals surface area contributed by atoms with Crippen LogP contribution in [0, 0.1) is 24.6 Å². The lowest BCUT2D eigenvalue weighted by molar-refractivity contribution is -0.181. The van der Waals surface area contributed by atoms with E-state index in [0.717, 1.165) is 6.07 Å². The highest BCUT2D eigenvalue weighted by Crippen LogP contribution is 2.42. The fourth-order valence-electron chi connectivity index (χ4n) is 4.33. The Morgan fingerprint density at radius 2 is 1.90 bits per heavy atom. The summed E-state index contributed by atoms with van der Waals surface area (Å²) in [5.41, 5.74) is -1.30. The summed E-state index contributed by atoms with van der Waals surface area (Å²) in [6.07, 6.45) is -3.16. The van der Waals surface area contributed by atoms with Crippen LogP contribution in [0.3, 0.4) is 0 Å². The Labute approximate surface area is 161 Å². The molecule has 0 bridgehead atoms. The number of halogens is 4. The number of nitrogen functional groups attached to an aromatic ring is 1. The van der Waals surface area contributed by atoms with Gasteiger partial charge in [-0.1, -0.05) is 0 Å². The summed E-state index contributed by atoms with van der Waals surface area (Å²) in [6.45, 7) is 0.0962. The van der Waals surface area contributed by atoms with Crippen LogP contribution < -0.4 is 22.0 Å². The Bertz CT molecular complexity index is 1100. The molecular weight excluding hydrogens is 396 g/mol. The van der Waals surface area contributed by atoms with Crippen LogP contribution in [0.15, 0.2) is 15.7 Å². The summed E-state index contributed by atoms with van der Waals surface area (Å²) in [6, 6.07) is 0.736. The molecule has 0 amide bonds. The Balaban J connectivity index is 1.93. The molecule has 2 fully saturated rings. The minimum absolute atomic E-state index is 0.0920. The first-order valence-corrected chi connectivity index (χ1v) is 9.24. The maximum Gasteiger partial charge on any atom is 0.393 e. The Morgan fingerprint density at radius 1 is 1.24 bits per heavy atom. The number of aryl methyl sites for hydroxylation is 1. The number of fused-ring (bicyclic) bond motifs is 1. The van der Waals surface area contributed by atoms with Crippen molar-refractivity contribution in [2.45, 2.75) is 32.0 Å². The van der Waals surface area contributed by atoms with Crippen molar-refractivity contribution in [3.63, 3.8) is 0 Å². The average molecular weight is 416 g/mol. The fourth-order valence-corrected chi connectivity index (χ4v) is 4.33. The average Bonchev–Trinajstić information content (AvgIpc) is 3.38. The quantitative estimate of drug-likeness (QED) is 0.581. The van der Waals surface area contributed by atoms with E-state index in [1.165, 1.54) is 16.4 Å². The van der Waals surface area contributed by atoms with Crippen molar-refractivity contribution in [1.82, 2.24) is 9.24 Å². The first-order chi connectivity index (χ1) is 13.6.